The van der Waals surface area contributed by atoms with Crippen LogP contribution < -0.4 is 16.0 Å². The van der Waals surface area contributed by atoms with Crippen molar-refractivity contribution in [3.8, 4) is 5.75 Å². The van der Waals surface area contributed by atoms with Gasteiger partial charge in [-0.3, -0.25) is 4.99 Å². The van der Waals surface area contributed by atoms with Crippen LogP contribution in [0.15, 0.2) is 29.3 Å². The van der Waals surface area contributed by atoms with Crippen molar-refractivity contribution in [1.82, 2.24) is 5.43 Å². The van der Waals surface area contributed by atoms with Crippen molar-refractivity contribution in [1.29, 1.82) is 0 Å². The molecule has 0 amide bonds. The lowest BCUT2D eigenvalue weighted by Crippen LogP contribution is -2.31. The standard InChI is InChI=1S/C13H21N3O2/c1-17-10-9-15-13(16-14)8-5-11-3-6-12(18-2)7-4-11/h3-4,6-7H,5,8-10,14H2,1-2H3,(H,15,16). The third-order valence-electron chi connectivity index (χ3n) is 2.57. The zero-order valence-electron chi connectivity index (χ0n) is 11.0. The highest BCUT2D eigenvalue weighted by Gasteiger charge is 1.99. The molecule has 0 unspecified atom stereocenters. The van der Waals surface area contributed by atoms with Gasteiger partial charge >= 0.3 is 0 Å². The Balaban J connectivity index is 2.43. The number of aliphatic imine (C=N–C) groups is 1. The lowest BCUT2D eigenvalue weighted by Gasteiger charge is -2.06. The van der Waals surface area contributed by atoms with Gasteiger partial charge in [0, 0.05) is 13.5 Å². The number of nitrogens with zero attached hydrogens (tertiary/aromatic N) is 1. The van der Waals surface area contributed by atoms with E-state index in [1.165, 1.54) is 5.56 Å². The van der Waals surface area contributed by atoms with Crippen LogP contribution in [-0.4, -0.2) is 33.2 Å². The first-order valence-electron chi connectivity index (χ1n) is 5.92. The average Bonchev–Trinajstić information content (AvgIpc) is 2.43. The van der Waals surface area contributed by atoms with Gasteiger partial charge in [0.1, 0.15) is 11.6 Å². The van der Waals surface area contributed by atoms with Gasteiger partial charge < -0.3 is 14.9 Å². The summed E-state index contributed by atoms with van der Waals surface area (Å²) in [6, 6.07) is 7.99. The second-order valence-electron chi connectivity index (χ2n) is 3.81. The molecule has 0 radical (unpaired) electrons. The molecule has 3 N–H and O–H groups in total. The largest absolute Gasteiger partial charge is 0.497 e. The van der Waals surface area contributed by atoms with E-state index in [1.807, 2.05) is 24.3 Å². The first-order chi connectivity index (χ1) is 8.80. The van der Waals surface area contributed by atoms with Crippen molar-refractivity contribution in [3.05, 3.63) is 29.8 Å². The molecule has 18 heavy (non-hydrogen) atoms. The van der Waals surface area contributed by atoms with E-state index in [9.17, 15) is 0 Å². The molecular formula is C13H21N3O2. The second-order valence-corrected chi connectivity index (χ2v) is 3.81. The number of aryl methyl sites for hydroxylation is 1. The minimum Gasteiger partial charge on any atom is -0.497 e. The number of methoxy groups -OCH3 is 2. The third-order valence-corrected chi connectivity index (χ3v) is 2.57. The van der Waals surface area contributed by atoms with Crippen molar-refractivity contribution in [2.45, 2.75) is 12.8 Å². The van der Waals surface area contributed by atoms with Crippen molar-refractivity contribution < 1.29 is 9.47 Å². The summed E-state index contributed by atoms with van der Waals surface area (Å²) in [6.45, 7) is 1.23. The fourth-order valence-electron chi connectivity index (χ4n) is 1.52. The molecule has 0 aromatic heterocycles. The molecule has 0 atom stereocenters. The predicted molar refractivity (Wildman–Crippen MR) is 72.8 cm³/mol. The number of nitrogens with one attached hydrogen (secondary N) is 1. The quantitative estimate of drug-likeness (QED) is 0.251. The maximum absolute atomic E-state index is 5.42. The molecule has 0 spiro atoms. The van der Waals surface area contributed by atoms with Crippen molar-refractivity contribution >= 4 is 5.84 Å². The number of amidine groups is 1. The molecule has 0 fully saturated rings. The van der Waals surface area contributed by atoms with Crippen LogP contribution in [0.2, 0.25) is 0 Å². The third kappa shape index (κ3) is 5.16. The molecule has 1 aromatic carbocycles. The number of hydrogen-bond donors (Lipinski definition) is 2. The Morgan fingerprint density at radius 3 is 2.56 bits per heavy atom. The highest BCUT2D eigenvalue weighted by molar-refractivity contribution is 5.81. The maximum Gasteiger partial charge on any atom is 0.118 e. The van der Waals surface area contributed by atoms with Crippen LogP contribution in [0.5, 0.6) is 5.75 Å². The number of rotatable bonds is 7. The number of hydrogen-bond acceptors (Lipinski definition) is 4. The van der Waals surface area contributed by atoms with Gasteiger partial charge in [-0.25, -0.2) is 5.84 Å². The van der Waals surface area contributed by atoms with Crippen molar-refractivity contribution in [2.24, 2.45) is 10.8 Å². The summed E-state index contributed by atoms with van der Waals surface area (Å²) in [5.41, 5.74) is 3.85. The fraction of sp³-hybridized carbons (Fsp3) is 0.462. The molecule has 0 saturated heterocycles. The normalized spacial score (nSPS) is 11.4. The number of nitrogens with two attached hydrogens (primary N) is 1. The first-order valence-corrected chi connectivity index (χ1v) is 5.92. The summed E-state index contributed by atoms with van der Waals surface area (Å²) in [4.78, 5) is 4.31. The lowest BCUT2D eigenvalue weighted by molar-refractivity contribution is 0.208. The van der Waals surface area contributed by atoms with Crippen molar-refractivity contribution in [3.63, 3.8) is 0 Å². The maximum atomic E-state index is 5.42. The van der Waals surface area contributed by atoms with E-state index in [4.69, 9.17) is 15.3 Å². The molecule has 0 aliphatic rings. The summed E-state index contributed by atoms with van der Waals surface area (Å²) in [7, 11) is 3.32. The number of ether oxygens (including phenoxy) is 2. The first kappa shape index (κ1) is 14.5. The highest BCUT2D eigenvalue weighted by atomic mass is 16.5. The molecule has 5 heteroatoms. The minimum absolute atomic E-state index is 0.605. The minimum atomic E-state index is 0.605. The van der Waals surface area contributed by atoms with Crippen LogP contribution in [0.1, 0.15) is 12.0 Å². The topological polar surface area (TPSA) is 68.9 Å². The Morgan fingerprint density at radius 1 is 1.28 bits per heavy atom. The summed E-state index contributed by atoms with van der Waals surface area (Å²) in [5, 5.41) is 0. The van der Waals surface area contributed by atoms with Crippen LogP contribution in [0, 0.1) is 0 Å². The molecule has 0 heterocycles. The zero-order chi connectivity index (χ0) is 13.2. The molecule has 5 nitrogen and oxygen atoms in total. The Hall–Kier alpha value is -1.59. The van der Waals surface area contributed by atoms with Gasteiger partial charge in [-0.15, -0.1) is 0 Å². The molecule has 0 aliphatic heterocycles. The fourth-order valence-corrected chi connectivity index (χ4v) is 1.52. The average molecular weight is 251 g/mol. The smallest absolute Gasteiger partial charge is 0.118 e. The van der Waals surface area contributed by atoms with E-state index in [0.717, 1.165) is 24.4 Å². The molecule has 1 aromatic rings. The summed E-state index contributed by atoms with van der Waals surface area (Å²) >= 11 is 0. The van der Waals surface area contributed by atoms with Crippen LogP contribution in [0.4, 0.5) is 0 Å². The van der Waals surface area contributed by atoms with Crippen LogP contribution >= 0.6 is 0 Å². The predicted octanol–water partition coefficient (Wildman–Crippen LogP) is 1.14. The Bertz CT molecular complexity index is 363. The van der Waals surface area contributed by atoms with Gasteiger partial charge in [-0.2, -0.15) is 0 Å². The molecular weight excluding hydrogens is 230 g/mol. The van der Waals surface area contributed by atoms with E-state index in [-0.39, 0.29) is 0 Å². The second kappa shape index (κ2) is 8.49. The Morgan fingerprint density at radius 2 is 2.00 bits per heavy atom. The van der Waals surface area contributed by atoms with Crippen molar-refractivity contribution in [2.75, 3.05) is 27.4 Å². The molecule has 0 bridgehead atoms. The van der Waals surface area contributed by atoms with Gasteiger partial charge in [0.2, 0.25) is 0 Å². The SMILES string of the molecule is COCCN=C(CCc1ccc(OC)cc1)NN. The Labute approximate surface area is 108 Å². The molecule has 100 valence electrons. The summed E-state index contributed by atoms with van der Waals surface area (Å²) < 4.78 is 10.0. The van der Waals surface area contributed by atoms with E-state index in [2.05, 4.69) is 10.4 Å². The zero-order valence-corrected chi connectivity index (χ0v) is 11.0. The monoisotopic (exact) mass is 251 g/mol. The van der Waals surface area contributed by atoms with Gasteiger partial charge in [0.15, 0.2) is 0 Å². The van der Waals surface area contributed by atoms with Gasteiger partial charge in [0.05, 0.1) is 20.3 Å². The van der Waals surface area contributed by atoms with Gasteiger partial charge in [0.25, 0.3) is 0 Å². The molecule has 1 rings (SSSR count). The molecule has 0 saturated carbocycles. The van der Waals surface area contributed by atoms with E-state index >= 15 is 0 Å². The van der Waals surface area contributed by atoms with E-state index in [0.29, 0.717) is 13.2 Å². The molecule has 0 aliphatic carbocycles. The van der Waals surface area contributed by atoms with Gasteiger partial charge in [-0.05, 0) is 24.1 Å². The Kier molecular flexibility index (Phi) is 6.83. The number of hydrazine groups is 1. The summed E-state index contributed by atoms with van der Waals surface area (Å²) in [6.07, 6.45) is 1.67. The lowest BCUT2D eigenvalue weighted by atomic mass is 10.1. The van der Waals surface area contributed by atoms with Gasteiger partial charge in [-0.1, -0.05) is 12.1 Å². The summed E-state index contributed by atoms with van der Waals surface area (Å²) in [5.74, 6) is 7.08. The van der Waals surface area contributed by atoms with Crippen LogP contribution in [-0.2, 0) is 11.2 Å². The number of benzene rings is 1. The highest BCUT2D eigenvalue weighted by Crippen LogP contribution is 2.12. The van der Waals surface area contributed by atoms with Crippen LogP contribution in [0.25, 0.3) is 0 Å². The van der Waals surface area contributed by atoms with E-state index < -0.39 is 0 Å². The van der Waals surface area contributed by atoms with Crippen LogP contribution in [0.3, 0.4) is 0 Å². The van der Waals surface area contributed by atoms with E-state index in [1.54, 1.807) is 14.2 Å².